The van der Waals surface area contributed by atoms with E-state index in [9.17, 15) is 0 Å². The van der Waals surface area contributed by atoms with Crippen LogP contribution in [-0.4, -0.2) is 24.5 Å². The molecule has 2 rings (SSSR count). The second-order valence-corrected chi connectivity index (χ2v) is 5.44. The van der Waals surface area contributed by atoms with Crippen LogP contribution in [0, 0.1) is 12.8 Å². The molecule has 1 fully saturated rings. The normalized spacial score (nSPS) is 23.8. The van der Waals surface area contributed by atoms with E-state index in [4.69, 9.17) is 10.2 Å². The number of likely N-dealkylation sites (tertiary alicyclic amines) is 1. The van der Waals surface area contributed by atoms with Crippen LogP contribution >= 0.6 is 0 Å². The van der Waals surface area contributed by atoms with Crippen molar-refractivity contribution in [1.29, 1.82) is 0 Å². The Morgan fingerprint density at radius 2 is 2.22 bits per heavy atom. The summed E-state index contributed by atoms with van der Waals surface area (Å²) in [6.45, 7) is 7.24. The summed E-state index contributed by atoms with van der Waals surface area (Å²) < 4.78 is 5.76. The molecule has 1 aliphatic rings. The number of nitrogens with zero attached hydrogens (tertiary/aromatic N) is 1. The number of rotatable bonds is 4. The van der Waals surface area contributed by atoms with Gasteiger partial charge in [-0.05, 0) is 57.3 Å². The van der Waals surface area contributed by atoms with Crippen molar-refractivity contribution in [3.05, 3.63) is 23.7 Å². The molecule has 0 aromatic carbocycles. The minimum atomic E-state index is 0.259. The molecule has 0 aliphatic carbocycles. The van der Waals surface area contributed by atoms with E-state index in [2.05, 4.69) is 17.9 Å². The van der Waals surface area contributed by atoms with Crippen LogP contribution in [0.5, 0.6) is 0 Å². The fourth-order valence-electron chi connectivity index (χ4n) is 2.99. The highest BCUT2D eigenvalue weighted by molar-refractivity contribution is 5.10. The van der Waals surface area contributed by atoms with E-state index in [1.165, 1.54) is 25.7 Å². The van der Waals surface area contributed by atoms with Gasteiger partial charge in [0.1, 0.15) is 11.5 Å². The Balaban J connectivity index is 2.03. The minimum Gasteiger partial charge on any atom is -0.465 e. The van der Waals surface area contributed by atoms with Gasteiger partial charge in [-0.25, -0.2) is 0 Å². The fraction of sp³-hybridized carbons (Fsp3) is 0.733. The highest BCUT2D eigenvalue weighted by Gasteiger charge is 2.24. The predicted molar refractivity (Wildman–Crippen MR) is 74.4 cm³/mol. The molecule has 1 aromatic heterocycles. The van der Waals surface area contributed by atoms with Gasteiger partial charge < -0.3 is 10.2 Å². The van der Waals surface area contributed by atoms with Crippen LogP contribution in [-0.2, 0) is 0 Å². The summed E-state index contributed by atoms with van der Waals surface area (Å²) in [5.74, 6) is 2.90. The SMILES string of the molecule is CCC1CCCN(C(CN)c2ccc(C)o2)CC1. The zero-order valence-corrected chi connectivity index (χ0v) is 11.7. The molecule has 2 heterocycles. The first kappa shape index (κ1) is 13.6. The Hall–Kier alpha value is -0.800. The van der Waals surface area contributed by atoms with Gasteiger partial charge in [0.25, 0.3) is 0 Å². The molecule has 0 saturated carbocycles. The van der Waals surface area contributed by atoms with Crippen LogP contribution in [0.25, 0.3) is 0 Å². The number of nitrogens with two attached hydrogens (primary N) is 1. The molecule has 2 atom stereocenters. The van der Waals surface area contributed by atoms with Crippen LogP contribution < -0.4 is 5.73 Å². The molecule has 1 aromatic rings. The second-order valence-electron chi connectivity index (χ2n) is 5.44. The zero-order valence-electron chi connectivity index (χ0n) is 11.7. The smallest absolute Gasteiger partial charge is 0.122 e. The van der Waals surface area contributed by atoms with E-state index in [0.29, 0.717) is 6.54 Å². The first-order chi connectivity index (χ1) is 8.74. The van der Waals surface area contributed by atoms with Crippen molar-refractivity contribution in [3.8, 4) is 0 Å². The van der Waals surface area contributed by atoms with Gasteiger partial charge in [-0.3, -0.25) is 4.90 Å². The molecule has 3 nitrogen and oxygen atoms in total. The molecule has 0 spiro atoms. The first-order valence-electron chi connectivity index (χ1n) is 7.25. The molecule has 0 radical (unpaired) electrons. The van der Waals surface area contributed by atoms with E-state index in [1.54, 1.807) is 0 Å². The summed E-state index contributed by atoms with van der Waals surface area (Å²) in [5, 5.41) is 0. The summed E-state index contributed by atoms with van der Waals surface area (Å²) in [5.41, 5.74) is 5.96. The first-order valence-corrected chi connectivity index (χ1v) is 7.25. The maximum atomic E-state index is 5.96. The molecule has 2 N–H and O–H groups in total. The number of hydrogen-bond donors (Lipinski definition) is 1. The number of aryl methyl sites for hydroxylation is 1. The summed E-state index contributed by atoms with van der Waals surface area (Å²) in [6.07, 6.45) is 5.25. The second kappa shape index (κ2) is 6.39. The van der Waals surface area contributed by atoms with Crippen molar-refractivity contribution in [2.75, 3.05) is 19.6 Å². The maximum absolute atomic E-state index is 5.96. The molecule has 1 aliphatic heterocycles. The van der Waals surface area contributed by atoms with Crippen LogP contribution in [0.3, 0.4) is 0 Å². The third-order valence-corrected chi connectivity index (χ3v) is 4.21. The fourth-order valence-corrected chi connectivity index (χ4v) is 2.99. The van der Waals surface area contributed by atoms with Crippen molar-refractivity contribution < 1.29 is 4.42 Å². The summed E-state index contributed by atoms with van der Waals surface area (Å²) >= 11 is 0. The summed E-state index contributed by atoms with van der Waals surface area (Å²) in [6, 6.07) is 4.37. The monoisotopic (exact) mass is 250 g/mol. The van der Waals surface area contributed by atoms with E-state index in [-0.39, 0.29) is 6.04 Å². The molecular formula is C15H26N2O. The molecular weight excluding hydrogens is 224 g/mol. The van der Waals surface area contributed by atoms with Crippen LogP contribution in [0.4, 0.5) is 0 Å². The largest absolute Gasteiger partial charge is 0.465 e. The van der Waals surface area contributed by atoms with Crippen molar-refractivity contribution in [2.45, 2.75) is 45.6 Å². The van der Waals surface area contributed by atoms with Gasteiger partial charge in [-0.1, -0.05) is 13.3 Å². The number of hydrogen-bond acceptors (Lipinski definition) is 3. The Bertz CT molecular complexity index is 361. The molecule has 102 valence electrons. The highest BCUT2D eigenvalue weighted by Crippen LogP contribution is 2.27. The van der Waals surface area contributed by atoms with Gasteiger partial charge in [0, 0.05) is 6.54 Å². The standard InChI is InChI=1S/C15H26N2O/c1-3-13-5-4-9-17(10-8-13)14(11-16)15-7-6-12(2)18-15/h6-7,13-14H,3-5,8-11,16H2,1-2H3. The van der Waals surface area contributed by atoms with E-state index in [1.807, 2.05) is 13.0 Å². The van der Waals surface area contributed by atoms with Gasteiger partial charge in [-0.2, -0.15) is 0 Å². The van der Waals surface area contributed by atoms with E-state index < -0.39 is 0 Å². The highest BCUT2D eigenvalue weighted by atomic mass is 16.3. The Morgan fingerprint density at radius 3 is 2.83 bits per heavy atom. The lowest BCUT2D eigenvalue weighted by Gasteiger charge is -2.28. The lowest BCUT2D eigenvalue weighted by Crippen LogP contribution is -2.34. The minimum absolute atomic E-state index is 0.259. The molecule has 3 heteroatoms. The van der Waals surface area contributed by atoms with E-state index in [0.717, 1.165) is 30.5 Å². The van der Waals surface area contributed by atoms with Gasteiger partial charge >= 0.3 is 0 Å². The van der Waals surface area contributed by atoms with Crippen LogP contribution in [0.2, 0.25) is 0 Å². The average Bonchev–Trinajstić information content (AvgIpc) is 2.66. The van der Waals surface area contributed by atoms with Crippen molar-refractivity contribution in [3.63, 3.8) is 0 Å². The van der Waals surface area contributed by atoms with Gasteiger partial charge in [0.2, 0.25) is 0 Å². The van der Waals surface area contributed by atoms with Gasteiger partial charge in [0.15, 0.2) is 0 Å². The average molecular weight is 250 g/mol. The van der Waals surface area contributed by atoms with Crippen molar-refractivity contribution >= 4 is 0 Å². The molecule has 2 unspecified atom stereocenters. The molecule has 0 bridgehead atoms. The zero-order chi connectivity index (χ0) is 13.0. The van der Waals surface area contributed by atoms with Crippen LogP contribution in [0.1, 0.15) is 50.2 Å². The molecule has 0 amide bonds. The lowest BCUT2D eigenvalue weighted by molar-refractivity contribution is 0.182. The van der Waals surface area contributed by atoms with E-state index >= 15 is 0 Å². The van der Waals surface area contributed by atoms with Crippen LogP contribution in [0.15, 0.2) is 16.5 Å². The molecule has 18 heavy (non-hydrogen) atoms. The quantitative estimate of drug-likeness (QED) is 0.893. The van der Waals surface area contributed by atoms with Gasteiger partial charge in [0.05, 0.1) is 6.04 Å². The lowest BCUT2D eigenvalue weighted by atomic mass is 9.98. The Morgan fingerprint density at radius 1 is 1.39 bits per heavy atom. The Kier molecular flexibility index (Phi) is 4.84. The predicted octanol–water partition coefficient (Wildman–Crippen LogP) is 3.10. The number of furan rings is 1. The third kappa shape index (κ3) is 3.15. The Labute approximate surface area is 110 Å². The van der Waals surface area contributed by atoms with Gasteiger partial charge in [-0.15, -0.1) is 0 Å². The maximum Gasteiger partial charge on any atom is 0.122 e. The topological polar surface area (TPSA) is 42.4 Å². The summed E-state index contributed by atoms with van der Waals surface area (Å²) in [4.78, 5) is 2.51. The summed E-state index contributed by atoms with van der Waals surface area (Å²) in [7, 11) is 0. The van der Waals surface area contributed by atoms with Crippen molar-refractivity contribution in [2.24, 2.45) is 11.7 Å². The third-order valence-electron chi connectivity index (χ3n) is 4.21. The molecule has 1 saturated heterocycles. The van der Waals surface area contributed by atoms with Crippen molar-refractivity contribution in [1.82, 2.24) is 4.90 Å².